The van der Waals surface area contributed by atoms with Gasteiger partial charge in [-0.15, -0.1) is 0 Å². The number of nitrogens with zero attached hydrogens (tertiary/aromatic N) is 1. The molecule has 1 aromatic heterocycles. The largest absolute Gasteiger partial charge is 0.488 e. The molecule has 0 saturated heterocycles. The van der Waals surface area contributed by atoms with Gasteiger partial charge in [0.05, 0.1) is 12.3 Å². The second-order valence-corrected chi connectivity index (χ2v) is 8.88. The number of hydrogen-bond acceptors (Lipinski definition) is 7. The van der Waals surface area contributed by atoms with Gasteiger partial charge in [0.15, 0.2) is 5.82 Å². The lowest BCUT2D eigenvalue weighted by Gasteiger charge is -2.19. The molecular weight excluding hydrogens is 426 g/mol. The van der Waals surface area contributed by atoms with E-state index in [0.717, 1.165) is 28.6 Å². The van der Waals surface area contributed by atoms with E-state index >= 15 is 0 Å². The summed E-state index contributed by atoms with van der Waals surface area (Å²) < 4.78 is 26.8. The van der Waals surface area contributed by atoms with Crippen molar-refractivity contribution in [1.29, 1.82) is 0 Å². The molecule has 0 spiro atoms. The molecule has 2 atom stereocenters. The molecule has 2 unspecified atom stereocenters. The Morgan fingerprint density at radius 1 is 1.00 bits per heavy atom. The summed E-state index contributed by atoms with van der Waals surface area (Å²) in [4.78, 5) is 4.37. The Labute approximate surface area is 191 Å². The third-order valence-corrected chi connectivity index (χ3v) is 4.34. The first-order valence-electron chi connectivity index (χ1n) is 10.2. The number of fused-ring (bicyclic) bond motifs is 1. The molecule has 32 heavy (non-hydrogen) atoms. The number of aromatic nitrogens is 1. The maximum absolute atomic E-state index is 9.56. The number of anilines is 2. The van der Waals surface area contributed by atoms with E-state index in [4.69, 9.17) is 14.2 Å². The van der Waals surface area contributed by atoms with Gasteiger partial charge in [-0.3, -0.25) is 4.21 Å². The summed E-state index contributed by atoms with van der Waals surface area (Å²) >= 11 is 0. The third kappa shape index (κ3) is 6.96. The maximum Gasteiger partial charge on any atom is 0.151 e. The predicted octanol–water partition coefficient (Wildman–Crippen LogP) is 4.82. The predicted molar refractivity (Wildman–Crippen MR) is 129 cm³/mol. The van der Waals surface area contributed by atoms with E-state index in [2.05, 4.69) is 15.6 Å². The highest BCUT2D eigenvalue weighted by Gasteiger charge is 2.23. The molecule has 1 aliphatic rings. The molecule has 0 radical (unpaired) electrons. The number of pyridine rings is 1. The fourth-order valence-electron chi connectivity index (χ4n) is 3.14. The monoisotopic (exact) mass is 455 g/mol. The zero-order valence-electron chi connectivity index (χ0n) is 18.7. The number of benzene rings is 2. The van der Waals surface area contributed by atoms with E-state index in [9.17, 15) is 4.21 Å². The van der Waals surface area contributed by atoms with Crippen LogP contribution in [-0.4, -0.2) is 41.5 Å². The van der Waals surface area contributed by atoms with Crippen molar-refractivity contribution in [3.05, 3.63) is 72.4 Å². The molecule has 3 aromatic rings. The first-order valence-corrected chi connectivity index (χ1v) is 12.2. The topological polar surface area (TPSA) is 81.7 Å². The zero-order chi connectivity index (χ0) is 22.9. The van der Waals surface area contributed by atoms with Gasteiger partial charge >= 0.3 is 0 Å². The Hall–Kier alpha value is -3.10. The fourth-order valence-corrected chi connectivity index (χ4v) is 3.14. The Kier molecular flexibility index (Phi) is 8.47. The van der Waals surface area contributed by atoms with E-state index in [1.54, 1.807) is 25.8 Å². The molecule has 7 nitrogen and oxygen atoms in total. The van der Waals surface area contributed by atoms with E-state index < -0.39 is 10.8 Å². The van der Waals surface area contributed by atoms with Crippen LogP contribution in [-0.2, 0) is 15.5 Å². The van der Waals surface area contributed by atoms with Gasteiger partial charge < -0.3 is 24.8 Å². The van der Waals surface area contributed by atoms with Crippen molar-refractivity contribution in [3.63, 3.8) is 0 Å². The molecule has 2 N–H and O–H groups in total. The summed E-state index contributed by atoms with van der Waals surface area (Å²) in [6, 6.07) is 19.5. The lowest BCUT2D eigenvalue weighted by atomic mass is 10.1. The highest BCUT2D eigenvalue weighted by molar-refractivity contribution is 7.83. The van der Waals surface area contributed by atoms with E-state index in [1.807, 2.05) is 67.6 Å². The number of para-hydroxylation sites is 1. The normalized spacial score (nSPS) is 15.0. The maximum atomic E-state index is 9.56. The molecule has 0 aliphatic carbocycles. The average molecular weight is 456 g/mol. The standard InChI is InChI=1S/C22H23N3O3.C2H6OS/c1-15(14-26-2)27-18-11-16(21-24-20-9-6-10-23-22(20)25-21)12-19(13-18)28-17-7-4-3-5-8-17;1-4(2)3/h3-13,15,21,24H,14H2,1-2H3,(H,23,25);1-2H3. The van der Waals surface area contributed by atoms with Crippen molar-refractivity contribution in [2.75, 3.05) is 36.9 Å². The molecule has 2 heterocycles. The molecule has 8 heteroatoms. The van der Waals surface area contributed by atoms with Crippen LogP contribution < -0.4 is 20.1 Å². The van der Waals surface area contributed by atoms with Crippen LogP contribution >= 0.6 is 0 Å². The van der Waals surface area contributed by atoms with Gasteiger partial charge in [0.25, 0.3) is 0 Å². The lowest BCUT2D eigenvalue weighted by Crippen LogP contribution is -2.18. The van der Waals surface area contributed by atoms with Crippen molar-refractivity contribution >= 4 is 22.3 Å². The second-order valence-electron chi connectivity index (χ2n) is 7.40. The van der Waals surface area contributed by atoms with Gasteiger partial charge in [0.1, 0.15) is 29.5 Å². The fraction of sp³-hybridized carbons (Fsp3) is 0.292. The number of hydrogen-bond donors (Lipinski definition) is 2. The van der Waals surface area contributed by atoms with Crippen LogP contribution in [0, 0.1) is 0 Å². The summed E-state index contributed by atoms with van der Waals surface area (Å²) in [6.45, 7) is 2.48. The van der Waals surface area contributed by atoms with Gasteiger partial charge in [-0.05, 0) is 43.3 Å². The summed E-state index contributed by atoms with van der Waals surface area (Å²) in [5.41, 5.74) is 1.96. The van der Waals surface area contributed by atoms with Crippen LogP contribution in [0.3, 0.4) is 0 Å². The summed E-state index contributed by atoms with van der Waals surface area (Å²) in [7, 11) is 1.05. The Morgan fingerprint density at radius 2 is 1.72 bits per heavy atom. The van der Waals surface area contributed by atoms with Crippen molar-refractivity contribution in [3.8, 4) is 17.2 Å². The van der Waals surface area contributed by atoms with Crippen LogP contribution in [0.1, 0.15) is 18.7 Å². The van der Waals surface area contributed by atoms with Gasteiger partial charge in [0.2, 0.25) is 0 Å². The molecule has 0 bridgehead atoms. The number of ether oxygens (including phenoxy) is 3. The van der Waals surface area contributed by atoms with Crippen LogP contribution in [0.4, 0.5) is 11.5 Å². The second kappa shape index (κ2) is 11.5. The lowest BCUT2D eigenvalue weighted by molar-refractivity contribution is 0.0919. The number of methoxy groups -OCH3 is 1. The Bertz CT molecular complexity index is 1000. The molecular formula is C24H29N3O4S. The quantitative estimate of drug-likeness (QED) is 0.529. The summed E-state index contributed by atoms with van der Waals surface area (Å²) in [6.07, 6.45) is 4.85. The van der Waals surface area contributed by atoms with Gasteiger partial charge in [-0.1, -0.05) is 18.2 Å². The van der Waals surface area contributed by atoms with Crippen molar-refractivity contribution in [1.82, 2.24) is 4.98 Å². The third-order valence-electron chi connectivity index (χ3n) is 4.34. The molecule has 170 valence electrons. The molecule has 1 aliphatic heterocycles. The van der Waals surface area contributed by atoms with Crippen LogP contribution in [0.2, 0.25) is 0 Å². The van der Waals surface area contributed by atoms with Gasteiger partial charge in [-0.25, -0.2) is 4.98 Å². The molecule has 4 rings (SSSR count). The molecule has 0 fully saturated rings. The Balaban J connectivity index is 0.000000668. The minimum Gasteiger partial charge on any atom is -0.488 e. The van der Waals surface area contributed by atoms with Crippen molar-refractivity contribution < 1.29 is 18.4 Å². The minimum atomic E-state index is -0.611. The minimum absolute atomic E-state index is 0.0758. The zero-order valence-corrected chi connectivity index (χ0v) is 19.5. The first-order chi connectivity index (χ1) is 15.4. The van der Waals surface area contributed by atoms with Crippen molar-refractivity contribution in [2.45, 2.75) is 19.2 Å². The smallest absolute Gasteiger partial charge is 0.151 e. The highest BCUT2D eigenvalue weighted by atomic mass is 32.2. The number of rotatable bonds is 7. The van der Waals surface area contributed by atoms with Gasteiger partial charge in [-0.2, -0.15) is 0 Å². The van der Waals surface area contributed by atoms with Gasteiger partial charge in [0, 0.05) is 48.2 Å². The highest BCUT2D eigenvalue weighted by Crippen LogP contribution is 2.37. The van der Waals surface area contributed by atoms with Crippen LogP contribution in [0.25, 0.3) is 0 Å². The first kappa shape index (κ1) is 23.6. The van der Waals surface area contributed by atoms with Crippen molar-refractivity contribution in [2.24, 2.45) is 0 Å². The molecule has 0 saturated carbocycles. The SMILES string of the molecule is COCC(C)Oc1cc(Oc2ccccc2)cc(C2Nc3cccnc3N2)c1.CS(C)=O. The summed E-state index contributed by atoms with van der Waals surface area (Å²) in [5, 5.41) is 6.83. The average Bonchev–Trinajstić information content (AvgIpc) is 3.18. The van der Waals surface area contributed by atoms with E-state index in [-0.39, 0.29) is 12.3 Å². The molecule has 2 aromatic carbocycles. The Morgan fingerprint density at radius 3 is 2.41 bits per heavy atom. The van der Waals surface area contributed by atoms with E-state index in [1.165, 1.54) is 0 Å². The van der Waals surface area contributed by atoms with Crippen LogP contribution in [0.5, 0.6) is 17.2 Å². The van der Waals surface area contributed by atoms with Crippen LogP contribution in [0.15, 0.2) is 66.9 Å². The molecule has 0 amide bonds. The summed E-state index contributed by atoms with van der Waals surface area (Å²) in [5.74, 6) is 3.03. The number of nitrogens with one attached hydrogen (secondary N) is 2. The van der Waals surface area contributed by atoms with E-state index in [0.29, 0.717) is 12.4 Å².